The summed E-state index contributed by atoms with van der Waals surface area (Å²) >= 11 is 0. The van der Waals surface area contributed by atoms with Crippen molar-refractivity contribution in [2.75, 3.05) is 14.1 Å². The zero-order valence-electron chi connectivity index (χ0n) is 11.6. The van der Waals surface area contributed by atoms with Gasteiger partial charge in [0, 0.05) is 19.7 Å². The fourth-order valence-corrected chi connectivity index (χ4v) is 2.36. The van der Waals surface area contributed by atoms with Crippen LogP contribution in [-0.4, -0.2) is 36.1 Å². The van der Waals surface area contributed by atoms with Crippen LogP contribution in [0.15, 0.2) is 18.2 Å². The van der Waals surface area contributed by atoms with Gasteiger partial charge in [0.2, 0.25) is 0 Å². The van der Waals surface area contributed by atoms with E-state index < -0.39 is 0 Å². The van der Waals surface area contributed by atoms with Gasteiger partial charge in [-0.2, -0.15) is 0 Å². The fraction of sp³-hybridized carbons (Fsp3) is 0.533. The summed E-state index contributed by atoms with van der Waals surface area (Å²) in [6.07, 6.45) is 5.79. The molecule has 0 aliphatic heterocycles. The van der Waals surface area contributed by atoms with Crippen LogP contribution in [0.2, 0.25) is 0 Å². The van der Waals surface area contributed by atoms with Crippen molar-refractivity contribution >= 4 is 5.91 Å². The van der Waals surface area contributed by atoms with E-state index in [0.717, 1.165) is 12.8 Å². The Balaban J connectivity index is 2.14. The monoisotopic (exact) mass is 263 g/mol. The molecule has 0 spiro atoms. The summed E-state index contributed by atoms with van der Waals surface area (Å²) in [7, 11) is 3.41. The Morgan fingerprint density at radius 3 is 2.58 bits per heavy atom. The van der Waals surface area contributed by atoms with E-state index in [0.29, 0.717) is 11.3 Å². The molecule has 0 heterocycles. The quantitative estimate of drug-likeness (QED) is 0.912. The van der Waals surface area contributed by atoms with Crippen LogP contribution in [0.1, 0.15) is 42.5 Å². The summed E-state index contributed by atoms with van der Waals surface area (Å²) in [6.45, 7) is 0. The molecule has 19 heavy (non-hydrogen) atoms. The molecule has 1 fully saturated rings. The van der Waals surface area contributed by atoms with Crippen LogP contribution in [0.25, 0.3) is 0 Å². The highest BCUT2D eigenvalue weighted by atomic mass is 16.5. The molecule has 1 aromatic rings. The number of nitrogens with zero attached hydrogens (tertiary/aromatic N) is 1. The summed E-state index contributed by atoms with van der Waals surface area (Å²) in [5.41, 5.74) is 0.536. The van der Waals surface area contributed by atoms with Gasteiger partial charge < -0.3 is 14.7 Å². The van der Waals surface area contributed by atoms with E-state index in [4.69, 9.17) is 4.74 Å². The highest BCUT2D eigenvalue weighted by Gasteiger charge is 2.18. The molecule has 0 saturated heterocycles. The second-order valence-corrected chi connectivity index (χ2v) is 5.26. The lowest BCUT2D eigenvalue weighted by Gasteiger charge is -2.23. The second-order valence-electron chi connectivity index (χ2n) is 5.26. The van der Waals surface area contributed by atoms with Crippen molar-refractivity contribution in [2.45, 2.75) is 38.2 Å². The van der Waals surface area contributed by atoms with Gasteiger partial charge in [-0.3, -0.25) is 4.79 Å². The minimum Gasteiger partial charge on any atom is -0.504 e. The summed E-state index contributed by atoms with van der Waals surface area (Å²) < 4.78 is 5.84. The third-order valence-corrected chi connectivity index (χ3v) is 3.46. The van der Waals surface area contributed by atoms with Gasteiger partial charge >= 0.3 is 0 Å². The van der Waals surface area contributed by atoms with Crippen LogP contribution in [-0.2, 0) is 0 Å². The highest BCUT2D eigenvalue weighted by Crippen LogP contribution is 2.31. The van der Waals surface area contributed by atoms with Crippen molar-refractivity contribution in [3.05, 3.63) is 23.8 Å². The zero-order valence-corrected chi connectivity index (χ0v) is 11.6. The van der Waals surface area contributed by atoms with E-state index in [2.05, 4.69) is 0 Å². The molecule has 0 aromatic heterocycles. The van der Waals surface area contributed by atoms with Crippen molar-refractivity contribution in [3.8, 4) is 11.5 Å². The largest absolute Gasteiger partial charge is 0.504 e. The molecule has 1 aliphatic carbocycles. The number of phenolic OH excluding ortho intramolecular Hbond substituents is 1. The van der Waals surface area contributed by atoms with Gasteiger partial charge in [0.25, 0.3) is 5.91 Å². The Bertz CT molecular complexity index is 451. The van der Waals surface area contributed by atoms with E-state index in [1.54, 1.807) is 26.2 Å². The van der Waals surface area contributed by atoms with Crippen molar-refractivity contribution in [2.24, 2.45) is 0 Å². The predicted molar refractivity (Wildman–Crippen MR) is 73.6 cm³/mol. The molecule has 0 radical (unpaired) electrons. The SMILES string of the molecule is CN(C)C(=O)c1ccc(O)c(OC2CCCCC2)c1. The average molecular weight is 263 g/mol. The van der Waals surface area contributed by atoms with E-state index in [-0.39, 0.29) is 17.8 Å². The number of ether oxygens (including phenoxy) is 1. The van der Waals surface area contributed by atoms with E-state index in [1.165, 1.54) is 30.2 Å². The van der Waals surface area contributed by atoms with E-state index >= 15 is 0 Å². The molecule has 104 valence electrons. The molecule has 1 N–H and O–H groups in total. The zero-order chi connectivity index (χ0) is 13.8. The lowest BCUT2D eigenvalue weighted by atomic mass is 9.98. The molecule has 1 aliphatic rings. The van der Waals surface area contributed by atoms with Gasteiger partial charge in [-0.25, -0.2) is 0 Å². The average Bonchev–Trinajstić information content (AvgIpc) is 2.41. The maximum absolute atomic E-state index is 11.9. The molecular formula is C15H21NO3. The maximum Gasteiger partial charge on any atom is 0.253 e. The van der Waals surface area contributed by atoms with Crippen molar-refractivity contribution in [3.63, 3.8) is 0 Å². The van der Waals surface area contributed by atoms with Crippen LogP contribution < -0.4 is 4.74 Å². The van der Waals surface area contributed by atoms with E-state index in [9.17, 15) is 9.90 Å². The number of aromatic hydroxyl groups is 1. The molecule has 1 amide bonds. The summed E-state index contributed by atoms with van der Waals surface area (Å²) in [6, 6.07) is 4.77. The van der Waals surface area contributed by atoms with Gasteiger partial charge in [-0.15, -0.1) is 0 Å². The summed E-state index contributed by atoms with van der Waals surface area (Å²) in [5, 5.41) is 9.84. The molecule has 4 heteroatoms. The summed E-state index contributed by atoms with van der Waals surface area (Å²) in [5.74, 6) is 0.425. The van der Waals surface area contributed by atoms with Crippen LogP contribution in [0.4, 0.5) is 0 Å². The minimum atomic E-state index is -0.0894. The third-order valence-electron chi connectivity index (χ3n) is 3.46. The number of hydrogen-bond acceptors (Lipinski definition) is 3. The number of carbonyl (C=O) groups excluding carboxylic acids is 1. The topological polar surface area (TPSA) is 49.8 Å². The Kier molecular flexibility index (Phi) is 4.30. The first-order chi connectivity index (χ1) is 9.08. The molecule has 0 atom stereocenters. The van der Waals surface area contributed by atoms with Gasteiger partial charge in [0.1, 0.15) is 0 Å². The number of benzene rings is 1. The highest BCUT2D eigenvalue weighted by molar-refractivity contribution is 5.94. The molecule has 1 saturated carbocycles. The number of hydrogen-bond donors (Lipinski definition) is 1. The number of phenols is 1. The molecule has 2 rings (SSSR count). The van der Waals surface area contributed by atoms with Gasteiger partial charge in [-0.1, -0.05) is 6.42 Å². The van der Waals surface area contributed by atoms with Gasteiger partial charge in [0.15, 0.2) is 11.5 Å². The smallest absolute Gasteiger partial charge is 0.253 e. The maximum atomic E-state index is 11.9. The Morgan fingerprint density at radius 2 is 1.95 bits per heavy atom. The first-order valence-electron chi connectivity index (χ1n) is 6.79. The van der Waals surface area contributed by atoms with Crippen LogP contribution >= 0.6 is 0 Å². The second kappa shape index (κ2) is 5.95. The Hall–Kier alpha value is -1.71. The van der Waals surface area contributed by atoms with Crippen molar-refractivity contribution < 1.29 is 14.6 Å². The minimum absolute atomic E-state index is 0.0894. The van der Waals surface area contributed by atoms with Gasteiger partial charge in [-0.05, 0) is 43.9 Å². The molecule has 4 nitrogen and oxygen atoms in total. The van der Waals surface area contributed by atoms with Crippen molar-refractivity contribution in [1.29, 1.82) is 0 Å². The van der Waals surface area contributed by atoms with E-state index in [1.807, 2.05) is 0 Å². The number of carbonyl (C=O) groups is 1. The molecule has 0 bridgehead atoms. The van der Waals surface area contributed by atoms with Crippen LogP contribution in [0.3, 0.4) is 0 Å². The normalized spacial score (nSPS) is 16.1. The van der Waals surface area contributed by atoms with Crippen LogP contribution in [0, 0.1) is 0 Å². The van der Waals surface area contributed by atoms with Crippen molar-refractivity contribution in [1.82, 2.24) is 4.90 Å². The van der Waals surface area contributed by atoms with Crippen LogP contribution in [0.5, 0.6) is 11.5 Å². The standard InChI is InChI=1S/C15H21NO3/c1-16(2)15(18)11-8-9-13(17)14(10-11)19-12-6-4-3-5-7-12/h8-10,12,17H,3-7H2,1-2H3. The number of amides is 1. The first-order valence-corrected chi connectivity index (χ1v) is 6.79. The summed E-state index contributed by atoms with van der Waals surface area (Å²) in [4.78, 5) is 13.4. The predicted octanol–water partition coefficient (Wildman–Crippen LogP) is 2.81. The van der Waals surface area contributed by atoms with Gasteiger partial charge in [0.05, 0.1) is 6.10 Å². The fourth-order valence-electron chi connectivity index (χ4n) is 2.36. The molecule has 0 unspecified atom stereocenters. The Morgan fingerprint density at radius 1 is 1.26 bits per heavy atom. The first kappa shape index (κ1) is 13.7. The Labute approximate surface area is 114 Å². The lowest BCUT2D eigenvalue weighted by molar-refractivity contribution is 0.0826. The molecule has 1 aromatic carbocycles. The molecular weight excluding hydrogens is 242 g/mol. The lowest BCUT2D eigenvalue weighted by Crippen LogP contribution is -2.22. The third kappa shape index (κ3) is 3.40. The number of rotatable bonds is 3.